The highest BCUT2D eigenvalue weighted by molar-refractivity contribution is 9.10. The van der Waals surface area contributed by atoms with Gasteiger partial charge in [-0.2, -0.15) is 10.1 Å². The molecule has 2 bridgehead atoms. The second-order valence-corrected chi connectivity index (χ2v) is 8.61. The van der Waals surface area contributed by atoms with Crippen molar-refractivity contribution >= 4 is 51.5 Å². The van der Waals surface area contributed by atoms with Crippen molar-refractivity contribution in [3.05, 3.63) is 39.3 Å². The molecule has 9 heteroatoms. The van der Waals surface area contributed by atoms with Gasteiger partial charge in [0.1, 0.15) is 5.75 Å². The van der Waals surface area contributed by atoms with E-state index in [-0.39, 0.29) is 35.5 Å². The quantitative estimate of drug-likeness (QED) is 0.279. The van der Waals surface area contributed by atoms with E-state index in [1.165, 1.54) is 13.3 Å². The molecule has 1 saturated carbocycles. The first-order chi connectivity index (χ1) is 13.8. The molecule has 0 N–H and O–H groups in total. The number of hydrogen-bond acceptors (Lipinski definition) is 6. The van der Waals surface area contributed by atoms with Gasteiger partial charge in [-0.15, -0.1) is 0 Å². The van der Waals surface area contributed by atoms with Crippen LogP contribution in [-0.4, -0.2) is 42.2 Å². The van der Waals surface area contributed by atoms with Gasteiger partial charge in [-0.25, -0.2) is 4.79 Å². The van der Waals surface area contributed by atoms with Gasteiger partial charge in [-0.3, -0.25) is 9.59 Å². The van der Waals surface area contributed by atoms with Crippen molar-refractivity contribution < 1.29 is 23.9 Å². The van der Waals surface area contributed by atoms with E-state index in [0.717, 1.165) is 11.4 Å². The lowest BCUT2D eigenvalue weighted by molar-refractivity contribution is -0.148. The van der Waals surface area contributed by atoms with E-state index in [1.54, 1.807) is 19.1 Å². The van der Waals surface area contributed by atoms with Crippen molar-refractivity contribution in [2.75, 3.05) is 7.11 Å². The first-order valence-corrected chi connectivity index (χ1v) is 10.3. The Morgan fingerprint density at radius 1 is 1.28 bits per heavy atom. The zero-order valence-electron chi connectivity index (χ0n) is 15.7. The van der Waals surface area contributed by atoms with Gasteiger partial charge in [0.15, 0.2) is 6.10 Å². The molecular weight excluding hydrogens is 464 g/mol. The second-order valence-electron chi connectivity index (χ2n) is 7.32. The number of hydrazone groups is 1. The Morgan fingerprint density at radius 3 is 2.48 bits per heavy atom. The maximum atomic E-state index is 12.8. The van der Waals surface area contributed by atoms with Crippen LogP contribution in [0.4, 0.5) is 0 Å². The lowest BCUT2D eigenvalue weighted by Crippen LogP contribution is -2.28. The molecule has 2 fully saturated rings. The summed E-state index contributed by atoms with van der Waals surface area (Å²) in [5, 5.41) is 5.50. The van der Waals surface area contributed by atoms with E-state index < -0.39 is 12.1 Å². The highest BCUT2D eigenvalue weighted by Crippen LogP contribution is 2.52. The number of carbonyl (C=O) groups excluding carboxylic acids is 3. The lowest BCUT2D eigenvalue weighted by Gasteiger charge is -2.16. The predicted octanol–water partition coefficient (Wildman–Crippen LogP) is 3.18. The number of carbonyl (C=O) groups is 3. The fourth-order valence-corrected chi connectivity index (χ4v) is 5.24. The maximum Gasteiger partial charge on any atom is 0.346 e. The van der Waals surface area contributed by atoms with Crippen molar-refractivity contribution in [1.82, 2.24) is 5.01 Å². The lowest BCUT2D eigenvalue weighted by atomic mass is 9.85. The topological polar surface area (TPSA) is 85.3 Å². The number of benzene rings is 1. The largest absolute Gasteiger partial charge is 0.477 e. The molecule has 0 spiro atoms. The summed E-state index contributed by atoms with van der Waals surface area (Å²) in [4.78, 5) is 37.2. The molecule has 5 atom stereocenters. The number of fused-ring (bicyclic) bond motifs is 5. The van der Waals surface area contributed by atoms with E-state index in [9.17, 15) is 14.4 Å². The number of nitrogens with zero attached hydrogens (tertiary/aromatic N) is 2. The standard InChI is InChI=1S/C20H18BrClN2O5/c1-9(20(27)28-2)29-17-12(6-13(22)7-14(17)21)8-23-24-18(25)15-10-3-4-11(5-10)16(15)19(24)26/h3-4,6-11,15-16H,5H2,1-2H3/t9-,10+,11+,15-,16+/m1/s1. The minimum atomic E-state index is -0.874. The van der Waals surface area contributed by atoms with Crippen LogP contribution in [0.25, 0.3) is 0 Å². The Bertz CT molecular complexity index is 932. The number of esters is 1. The van der Waals surface area contributed by atoms with Crippen molar-refractivity contribution in [3.8, 4) is 5.75 Å². The van der Waals surface area contributed by atoms with Gasteiger partial charge < -0.3 is 9.47 Å². The van der Waals surface area contributed by atoms with Gasteiger partial charge in [-0.1, -0.05) is 23.8 Å². The molecule has 2 amide bonds. The van der Waals surface area contributed by atoms with Crippen LogP contribution < -0.4 is 4.74 Å². The molecule has 1 aromatic carbocycles. The number of amides is 2. The number of ether oxygens (including phenoxy) is 2. The number of methoxy groups -OCH3 is 1. The molecule has 2 aliphatic carbocycles. The molecule has 1 heterocycles. The fraction of sp³-hybridized carbons (Fsp3) is 0.400. The summed E-state index contributed by atoms with van der Waals surface area (Å²) in [6.45, 7) is 1.55. The second kappa shape index (κ2) is 7.57. The van der Waals surface area contributed by atoms with Gasteiger partial charge in [0.2, 0.25) is 0 Å². The van der Waals surface area contributed by atoms with E-state index in [1.807, 2.05) is 12.2 Å². The Labute approximate surface area is 180 Å². The van der Waals surface area contributed by atoms with Crippen LogP contribution in [0.2, 0.25) is 5.02 Å². The molecule has 0 aromatic heterocycles. The number of halogens is 2. The maximum absolute atomic E-state index is 12.8. The fourth-order valence-electron chi connectivity index (χ4n) is 4.31. The summed E-state index contributed by atoms with van der Waals surface area (Å²) >= 11 is 9.49. The third kappa shape index (κ3) is 3.38. The average Bonchev–Trinajstić information content (AvgIpc) is 3.36. The van der Waals surface area contributed by atoms with Crippen LogP contribution in [0.1, 0.15) is 18.9 Å². The highest BCUT2D eigenvalue weighted by atomic mass is 79.9. The van der Waals surface area contributed by atoms with Crippen LogP contribution in [-0.2, 0) is 19.1 Å². The molecule has 1 aromatic rings. The Balaban J connectivity index is 1.61. The van der Waals surface area contributed by atoms with Gasteiger partial charge in [0.05, 0.1) is 29.6 Å². The normalized spacial score (nSPS) is 28.3. The first-order valence-electron chi connectivity index (χ1n) is 9.15. The van der Waals surface area contributed by atoms with Gasteiger partial charge in [0, 0.05) is 10.6 Å². The van der Waals surface area contributed by atoms with E-state index >= 15 is 0 Å². The number of allylic oxidation sites excluding steroid dienone is 2. The molecule has 0 unspecified atom stereocenters. The minimum absolute atomic E-state index is 0.113. The minimum Gasteiger partial charge on any atom is -0.477 e. The van der Waals surface area contributed by atoms with Crippen LogP contribution in [0.15, 0.2) is 33.9 Å². The number of rotatable bonds is 5. The Morgan fingerprint density at radius 2 is 1.90 bits per heavy atom. The van der Waals surface area contributed by atoms with Crippen LogP contribution >= 0.6 is 27.5 Å². The smallest absolute Gasteiger partial charge is 0.346 e. The van der Waals surface area contributed by atoms with E-state index in [2.05, 4.69) is 25.8 Å². The molecule has 0 radical (unpaired) electrons. The SMILES string of the molecule is COC(=O)[C@@H](C)Oc1c(Br)cc(Cl)cc1C=NN1C(=O)[C@@H]2[C@H](C1=O)[C@H]1C=C[C@H]2C1. The summed E-state index contributed by atoms with van der Waals surface area (Å²) in [7, 11) is 1.27. The number of imide groups is 1. The van der Waals surface area contributed by atoms with Crippen LogP contribution in [0.5, 0.6) is 5.75 Å². The Kier molecular flexibility index (Phi) is 5.25. The zero-order valence-corrected chi connectivity index (χ0v) is 18.0. The van der Waals surface area contributed by atoms with Crippen molar-refractivity contribution in [1.29, 1.82) is 0 Å². The summed E-state index contributed by atoms with van der Waals surface area (Å²) in [6.07, 6.45) is 5.38. The average molecular weight is 482 g/mol. The number of hydrogen-bond donors (Lipinski definition) is 0. The first kappa shape index (κ1) is 20.1. The van der Waals surface area contributed by atoms with E-state index in [4.69, 9.17) is 16.3 Å². The molecule has 152 valence electrons. The monoisotopic (exact) mass is 480 g/mol. The highest BCUT2D eigenvalue weighted by Gasteiger charge is 2.59. The van der Waals surface area contributed by atoms with Crippen LogP contribution in [0, 0.1) is 23.7 Å². The Hall–Kier alpha value is -2.19. The van der Waals surface area contributed by atoms with E-state index in [0.29, 0.717) is 20.8 Å². The molecule has 1 saturated heterocycles. The van der Waals surface area contributed by atoms with Gasteiger partial charge in [-0.05, 0) is 53.2 Å². The summed E-state index contributed by atoms with van der Waals surface area (Å²) in [5.41, 5.74) is 0.416. The molecule has 29 heavy (non-hydrogen) atoms. The molecule has 4 rings (SSSR count). The van der Waals surface area contributed by atoms with Crippen molar-refractivity contribution in [2.45, 2.75) is 19.4 Å². The molecular formula is C20H18BrClN2O5. The van der Waals surface area contributed by atoms with Crippen LogP contribution in [0.3, 0.4) is 0 Å². The molecule has 7 nitrogen and oxygen atoms in total. The van der Waals surface area contributed by atoms with Gasteiger partial charge in [0.25, 0.3) is 11.8 Å². The summed E-state index contributed by atoms with van der Waals surface area (Å²) in [5.74, 6) is -1.22. The predicted molar refractivity (Wildman–Crippen MR) is 108 cm³/mol. The summed E-state index contributed by atoms with van der Waals surface area (Å²) in [6, 6.07) is 3.18. The third-order valence-corrected chi connectivity index (χ3v) is 6.43. The third-order valence-electron chi connectivity index (χ3n) is 5.62. The zero-order chi connectivity index (χ0) is 20.9. The summed E-state index contributed by atoms with van der Waals surface area (Å²) < 4.78 is 10.9. The van der Waals surface area contributed by atoms with Crippen molar-refractivity contribution in [3.63, 3.8) is 0 Å². The van der Waals surface area contributed by atoms with Gasteiger partial charge >= 0.3 is 5.97 Å². The molecule has 3 aliphatic rings. The van der Waals surface area contributed by atoms with Crippen molar-refractivity contribution in [2.24, 2.45) is 28.8 Å². The molecule has 1 aliphatic heterocycles.